The number of rotatable bonds is 9. The lowest BCUT2D eigenvalue weighted by Gasteiger charge is -2.10. The van der Waals surface area contributed by atoms with Gasteiger partial charge in [-0.05, 0) is 11.1 Å². The minimum absolute atomic E-state index is 0.172. The van der Waals surface area contributed by atoms with Crippen LogP contribution in [-0.4, -0.2) is 49.7 Å². The summed E-state index contributed by atoms with van der Waals surface area (Å²) in [6.45, 7) is 0. The summed E-state index contributed by atoms with van der Waals surface area (Å²) in [5.41, 5.74) is 16.6. The summed E-state index contributed by atoms with van der Waals surface area (Å²) in [6, 6.07) is -1.89. The maximum absolute atomic E-state index is 11.2. The minimum Gasteiger partial charge on any atom is -0.469 e. The molecule has 0 spiro atoms. The van der Waals surface area contributed by atoms with E-state index in [1.54, 1.807) is 0 Å². The number of carbonyl (C=O) groups is 2. The van der Waals surface area contributed by atoms with Crippen molar-refractivity contribution in [3.05, 3.63) is 20.9 Å². The predicted octanol–water partition coefficient (Wildman–Crippen LogP) is 2.07. The van der Waals surface area contributed by atoms with E-state index < -0.39 is 24.0 Å². The Morgan fingerprint density at radius 1 is 1.00 bits per heavy atom. The van der Waals surface area contributed by atoms with Gasteiger partial charge in [-0.1, -0.05) is 31.8 Å². The largest absolute Gasteiger partial charge is 0.469 e. The van der Waals surface area contributed by atoms with Gasteiger partial charge >= 0.3 is 11.9 Å². The quantitative estimate of drug-likeness (QED) is 0.158. The van der Waals surface area contributed by atoms with Crippen LogP contribution in [0.4, 0.5) is 0 Å². The fraction of sp³-hybridized carbons (Fsp3) is 0.750. The first-order valence-electron chi connectivity index (χ1n) is 5.09. The Kier molecular flexibility index (Phi) is 10.2. The van der Waals surface area contributed by atoms with Crippen LogP contribution in [0.1, 0.15) is 0 Å². The van der Waals surface area contributed by atoms with Crippen LogP contribution in [0.5, 0.6) is 0 Å². The van der Waals surface area contributed by atoms with E-state index in [0.717, 1.165) is 0 Å². The highest BCUT2D eigenvalue weighted by Crippen LogP contribution is 2.25. The maximum Gasteiger partial charge on any atom is 0.315 e. The molecule has 0 N–H and O–H groups in total. The zero-order chi connectivity index (χ0) is 15.4. The summed E-state index contributed by atoms with van der Waals surface area (Å²) in [6.07, 6.45) is 0. The van der Waals surface area contributed by atoms with Gasteiger partial charge in [0.1, 0.15) is 12.1 Å². The van der Waals surface area contributed by atoms with Gasteiger partial charge in [0.15, 0.2) is 0 Å². The molecule has 0 amide bonds. The number of azide groups is 2. The molecule has 0 aliphatic heterocycles. The van der Waals surface area contributed by atoms with Gasteiger partial charge in [0, 0.05) is 21.3 Å². The second-order valence-corrected chi connectivity index (χ2v) is 5.61. The Labute approximate surface area is 122 Å². The van der Waals surface area contributed by atoms with Gasteiger partial charge in [0.25, 0.3) is 0 Å². The van der Waals surface area contributed by atoms with Gasteiger partial charge in [-0.2, -0.15) is 0 Å². The zero-order valence-corrected chi connectivity index (χ0v) is 12.3. The summed E-state index contributed by atoms with van der Waals surface area (Å²) < 4.78 is 8.94. The van der Waals surface area contributed by atoms with Crippen LogP contribution in [0.2, 0.25) is 0 Å². The molecular formula is C8H12N6O4S2. The topological polar surface area (TPSA) is 150 Å². The van der Waals surface area contributed by atoms with Gasteiger partial charge in [-0.15, -0.1) is 0 Å². The van der Waals surface area contributed by atoms with E-state index in [9.17, 15) is 9.59 Å². The van der Waals surface area contributed by atoms with Crippen molar-refractivity contribution in [2.75, 3.05) is 25.7 Å². The van der Waals surface area contributed by atoms with Gasteiger partial charge in [0.05, 0.1) is 14.2 Å². The molecule has 0 heterocycles. The monoisotopic (exact) mass is 320 g/mol. The second-order valence-electron chi connectivity index (χ2n) is 3.06. The molecule has 0 rings (SSSR count). The molecular weight excluding hydrogens is 308 g/mol. The summed E-state index contributed by atoms with van der Waals surface area (Å²) in [5, 5.41) is 6.59. The number of esters is 2. The summed E-state index contributed by atoms with van der Waals surface area (Å²) in [7, 11) is 4.75. The number of carbonyl (C=O) groups excluding carboxylic acids is 2. The molecule has 12 heteroatoms. The van der Waals surface area contributed by atoms with Crippen molar-refractivity contribution in [1.29, 1.82) is 0 Å². The molecule has 0 saturated carbocycles. The molecule has 0 aromatic heterocycles. The van der Waals surface area contributed by atoms with E-state index in [-0.39, 0.29) is 11.5 Å². The Morgan fingerprint density at radius 2 is 1.35 bits per heavy atom. The minimum atomic E-state index is -0.946. The van der Waals surface area contributed by atoms with Crippen molar-refractivity contribution in [2.45, 2.75) is 12.1 Å². The third-order valence-electron chi connectivity index (χ3n) is 1.86. The number of hydrogen-bond donors (Lipinski definition) is 0. The number of nitrogens with zero attached hydrogens (tertiary/aromatic N) is 6. The zero-order valence-electron chi connectivity index (χ0n) is 10.7. The van der Waals surface area contributed by atoms with Crippen LogP contribution < -0.4 is 0 Å². The van der Waals surface area contributed by atoms with E-state index in [4.69, 9.17) is 11.1 Å². The average Bonchev–Trinajstić information content (AvgIpc) is 2.47. The first-order chi connectivity index (χ1) is 9.60. The summed E-state index contributed by atoms with van der Waals surface area (Å²) >= 11 is 0. The van der Waals surface area contributed by atoms with E-state index in [1.807, 2.05) is 0 Å². The van der Waals surface area contributed by atoms with Crippen LogP contribution in [0.3, 0.4) is 0 Å². The summed E-state index contributed by atoms with van der Waals surface area (Å²) in [4.78, 5) is 27.6. The van der Waals surface area contributed by atoms with Gasteiger partial charge < -0.3 is 9.47 Å². The molecule has 0 bridgehead atoms. The number of ether oxygens (including phenoxy) is 2. The van der Waals surface area contributed by atoms with Crippen LogP contribution in [0.25, 0.3) is 20.9 Å². The first kappa shape index (κ1) is 18.3. The highest BCUT2D eigenvalue weighted by molar-refractivity contribution is 8.76. The van der Waals surface area contributed by atoms with Crippen molar-refractivity contribution in [3.8, 4) is 0 Å². The lowest BCUT2D eigenvalue weighted by molar-refractivity contribution is -0.142. The van der Waals surface area contributed by atoms with E-state index in [0.29, 0.717) is 0 Å². The third-order valence-corrected chi connectivity index (χ3v) is 4.25. The SMILES string of the molecule is COC(=O)[C@H](CSSC[C@H](N=[N+]=[N-])C(=O)OC)N=[N+]=[N-]. The molecule has 20 heavy (non-hydrogen) atoms. The molecule has 10 nitrogen and oxygen atoms in total. The third kappa shape index (κ3) is 7.00. The Morgan fingerprint density at radius 3 is 1.60 bits per heavy atom. The Balaban J connectivity index is 4.27. The van der Waals surface area contributed by atoms with Crippen molar-refractivity contribution < 1.29 is 19.1 Å². The van der Waals surface area contributed by atoms with Crippen LogP contribution in [0, 0.1) is 0 Å². The van der Waals surface area contributed by atoms with Crippen molar-refractivity contribution >= 4 is 33.5 Å². The van der Waals surface area contributed by atoms with Gasteiger partial charge in [-0.25, -0.2) is 0 Å². The second kappa shape index (κ2) is 11.1. The molecule has 0 aromatic carbocycles. The molecule has 0 unspecified atom stereocenters. The lowest BCUT2D eigenvalue weighted by Crippen LogP contribution is -2.23. The summed E-state index contributed by atoms with van der Waals surface area (Å²) in [5.74, 6) is -0.942. The highest BCUT2D eigenvalue weighted by atomic mass is 33.1. The normalized spacial score (nSPS) is 12.3. The van der Waals surface area contributed by atoms with E-state index in [1.165, 1.54) is 35.8 Å². The Bertz CT molecular complexity index is 395. The van der Waals surface area contributed by atoms with Crippen molar-refractivity contribution in [2.24, 2.45) is 10.2 Å². The molecule has 2 atom stereocenters. The lowest BCUT2D eigenvalue weighted by atomic mass is 10.4. The molecule has 0 radical (unpaired) electrons. The van der Waals surface area contributed by atoms with Gasteiger partial charge in [0.2, 0.25) is 0 Å². The van der Waals surface area contributed by atoms with Crippen molar-refractivity contribution in [3.63, 3.8) is 0 Å². The maximum atomic E-state index is 11.2. The Hall–Kier alpha value is -1.74. The van der Waals surface area contributed by atoms with Crippen molar-refractivity contribution in [1.82, 2.24) is 0 Å². The predicted molar refractivity (Wildman–Crippen MR) is 74.8 cm³/mol. The van der Waals surface area contributed by atoms with Crippen LogP contribution >= 0.6 is 21.6 Å². The molecule has 0 saturated heterocycles. The van der Waals surface area contributed by atoms with E-state index in [2.05, 4.69) is 29.5 Å². The van der Waals surface area contributed by atoms with E-state index >= 15 is 0 Å². The molecule has 0 fully saturated rings. The molecule has 0 aliphatic rings. The highest BCUT2D eigenvalue weighted by Gasteiger charge is 2.20. The standard InChI is InChI=1S/C8H12N6O4S2/c1-17-7(15)5(11-13-9)3-19-20-4-6(12-14-10)8(16)18-2/h5-6H,3-4H2,1-2H3/t5-,6-/m0/s1. The van der Waals surface area contributed by atoms with Crippen LogP contribution in [0.15, 0.2) is 10.2 Å². The molecule has 0 aromatic rings. The van der Waals surface area contributed by atoms with Gasteiger partial charge in [-0.3, -0.25) is 9.59 Å². The molecule has 110 valence electrons. The number of hydrogen-bond acceptors (Lipinski definition) is 8. The fourth-order valence-electron chi connectivity index (χ4n) is 0.919. The average molecular weight is 320 g/mol. The fourth-order valence-corrected chi connectivity index (χ4v) is 3.13. The smallest absolute Gasteiger partial charge is 0.315 e. The first-order valence-corrected chi connectivity index (χ1v) is 7.58. The number of methoxy groups -OCH3 is 2. The van der Waals surface area contributed by atoms with Crippen LogP contribution in [-0.2, 0) is 19.1 Å². The molecule has 0 aliphatic carbocycles.